The van der Waals surface area contributed by atoms with Gasteiger partial charge in [0, 0.05) is 18.7 Å². The smallest absolute Gasteiger partial charge is 0.309 e. The van der Waals surface area contributed by atoms with E-state index in [4.69, 9.17) is 0 Å². The van der Waals surface area contributed by atoms with Crippen LogP contribution in [0.1, 0.15) is 18.9 Å². The van der Waals surface area contributed by atoms with Crippen LogP contribution >= 0.6 is 0 Å². The van der Waals surface area contributed by atoms with Crippen LogP contribution in [0.5, 0.6) is 0 Å². The molecule has 0 heterocycles. The minimum atomic E-state index is -0.748. The van der Waals surface area contributed by atoms with Crippen molar-refractivity contribution in [2.24, 2.45) is 0 Å². The van der Waals surface area contributed by atoms with E-state index >= 15 is 0 Å². The Balaban J connectivity index is 2.43. The summed E-state index contributed by atoms with van der Waals surface area (Å²) in [5, 5.41) is 4.80. The van der Waals surface area contributed by atoms with Gasteiger partial charge in [0.25, 0.3) is 0 Å². The molecule has 92 valence electrons. The quantitative estimate of drug-likeness (QED) is 0.768. The molecule has 0 aliphatic heterocycles. The molecule has 4 nitrogen and oxygen atoms in total. The maximum Gasteiger partial charge on any atom is 0.309 e. The molecule has 0 saturated carbocycles. The van der Waals surface area contributed by atoms with Crippen LogP contribution in [0.4, 0.5) is 4.39 Å². The molecule has 2 N–H and O–H groups in total. The standard InChI is InChI=1S/C12H15FN2O2/c1-2-7-14-11(16)12(17)15-8-9-5-3-4-6-10(9)13/h3-6H,2,7-8H2,1H3,(H,14,16)(H,15,17). The molecule has 1 aromatic rings. The lowest BCUT2D eigenvalue weighted by molar-refractivity contribution is -0.139. The van der Waals surface area contributed by atoms with Crippen LogP contribution in [0.15, 0.2) is 24.3 Å². The average Bonchev–Trinajstić information content (AvgIpc) is 2.34. The van der Waals surface area contributed by atoms with Gasteiger partial charge in [-0.3, -0.25) is 9.59 Å². The second-order valence-corrected chi connectivity index (χ2v) is 3.53. The van der Waals surface area contributed by atoms with Crippen LogP contribution < -0.4 is 10.6 Å². The zero-order valence-electron chi connectivity index (χ0n) is 9.63. The van der Waals surface area contributed by atoms with Crippen LogP contribution in [0.3, 0.4) is 0 Å². The Morgan fingerprint density at radius 2 is 1.82 bits per heavy atom. The number of hydrogen-bond donors (Lipinski definition) is 2. The predicted octanol–water partition coefficient (Wildman–Crippen LogP) is 0.968. The SMILES string of the molecule is CCCNC(=O)C(=O)NCc1ccccc1F. The molecule has 5 heteroatoms. The van der Waals surface area contributed by atoms with Gasteiger partial charge in [-0.25, -0.2) is 4.39 Å². The monoisotopic (exact) mass is 238 g/mol. The number of benzene rings is 1. The van der Waals surface area contributed by atoms with Gasteiger partial charge in [0.05, 0.1) is 0 Å². The summed E-state index contributed by atoms with van der Waals surface area (Å²) in [6.45, 7) is 2.34. The predicted molar refractivity (Wildman–Crippen MR) is 61.5 cm³/mol. The first kappa shape index (κ1) is 13.2. The maximum atomic E-state index is 13.2. The highest BCUT2D eigenvalue weighted by Gasteiger charge is 2.12. The Bertz CT molecular complexity index is 407. The van der Waals surface area contributed by atoms with Gasteiger partial charge in [0.15, 0.2) is 0 Å². The van der Waals surface area contributed by atoms with Crippen LogP contribution in [0.25, 0.3) is 0 Å². The Labute approximate surface area is 99.2 Å². The van der Waals surface area contributed by atoms with E-state index in [-0.39, 0.29) is 6.54 Å². The fraction of sp³-hybridized carbons (Fsp3) is 0.333. The summed E-state index contributed by atoms with van der Waals surface area (Å²) in [7, 11) is 0. The van der Waals surface area contributed by atoms with Crippen molar-refractivity contribution in [2.75, 3.05) is 6.54 Å². The third-order valence-corrected chi connectivity index (χ3v) is 2.14. The number of hydrogen-bond acceptors (Lipinski definition) is 2. The van der Waals surface area contributed by atoms with E-state index in [9.17, 15) is 14.0 Å². The zero-order valence-corrected chi connectivity index (χ0v) is 9.63. The highest BCUT2D eigenvalue weighted by atomic mass is 19.1. The normalized spacial score (nSPS) is 9.76. The second kappa shape index (κ2) is 6.62. The Morgan fingerprint density at radius 1 is 1.18 bits per heavy atom. The summed E-state index contributed by atoms with van der Waals surface area (Å²) in [4.78, 5) is 22.5. The number of amides is 2. The highest BCUT2D eigenvalue weighted by Crippen LogP contribution is 2.05. The van der Waals surface area contributed by atoms with Gasteiger partial charge in [-0.2, -0.15) is 0 Å². The van der Waals surface area contributed by atoms with E-state index in [2.05, 4.69) is 10.6 Å². The second-order valence-electron chi connectivity index (χ2n) is 3.53. The first-order valence-electron chi connectivity index (χ1n) is 5.44. The van der Waals surface area contributed by atoms with E-state index < -0.39 is 17.6 Å². The largest absolute Gasteiger partial charge is 0.348 e. The van der Waals surface area contributed by atoms with Gasteiger partial charge >= 0.3 is 11.8 Å². The van der Waals surface area contributed by atoms with Crippen molar-refractivity contribution >= 4 is 11.8 Å². The van der Waals surface area contributed by atoms with Crippen LogP contribution in [-0.2, 0) is 16.1 Å². The minimum absolute atomic E-state index is 0.00501. The van der Waals surface area contributed by atoms with Crippen molar-refractivity contribution in [3.05, 3.63) is 35.6 Å². The van der Waals surface area contributed by atoms with E-state index in [1.165, 1.54) is 6.07 Å². The first-order chi connectivity index (χ1) is 8.15. The molecule has 0 saturated heterocycles. The lowest BCUT2D eigenvalue weighted by Crippen LogP contribution is -2.39. The zero-order chi connectivity index (χ0) is 12.7. The molecule has 1 rings (SSSR count). The molecular weight excluding hydrogens is 223 g/mol. The van der Waals surface area contributed by atoms with Crippen molar-refractivity contribution in [2.45, 2.75) is 19.9 Å². The molecule has 1 aromatic carbocycles. The van der Waals surface area contributed by atoms with Gasteiger partial charge in [-0.15, -0.1) is 0 Å². The van der Waals surface area contributed by atoms with Gasteiger partial charge in [0.1, 0.15) is 5.82 Å². The topological polar surface area (TPSA) is 58.2 Å². The molecule has 0 atom stereocenters. The van der Waals surface area contributed by atoms with E-state index in [0.717, 1.165) is 6.42 Å². The molecule has 0 bridgehead atoms. The molecule has 2 amide bonds. The fourth-order valence-electron chi connectivity index (χ4n) is 1.22. The van der Waals surface area contributed by atoms with E-state index in [1.807, 2.05) is 6.92 Å². The number of halogens is 1. The Kier molecular flexibility index (Phi) is 5.13. The summed E-state index contributed by atoms with van der Waals surface area (Å²) in [5.74, 6) is -1.84. The maximum absolute atomic E-state index is 13.2. The lowest BCUT2D eigenvalue weighted by atomic mass is 10.2. The van der Waals surface area contributed by atoms with Gasteiger partial charge < -0.3 is 10.6 Å². The molecule has 0 aromatic heterocycles. The van der Waals surface area contributed by atoms with Crippen molar-refractivity contribution < 1.29 is 14.0 Å². The highest BCUT2D eigenvalue weighted by molar-refractivity contribution is 6.35. The number of nitrogens with one attached hydrogen (secondary N) is 2. The molecule has 0 fully saturated rings. The minimum Gasteiger partial charge on any atom is -0.348 e. The van der Waals surface area contributed by atoms with E-state index in [1.54, 1.807) is 18.2 Å². The van der Waals surface area contributed by atoms with Crippen molar-refractivity contribution in [3.63, 3.8) is 0 Å². The Morgan fingerprint density at radius 3 is 2.47 bits per heavy atom. The fourth-order valence-corrected chi connectivity index (χ4v) is 1.22. The molecule has 0 spiro atoms. The van der Waals surface area contributed by atoms with Crippen LogP contribution in [0.2, 0.25) is 0 Å². The number of rotatable bonds is 4. The van der Waals surface area contributed by atoms with Crippen LogP contribution in [0, 0.1) is 5.82 Å². The third kappa shape index (κ3) is 4.22. The number of carbonyl (C=O) groups is 2. The van der Waals surface area contributed by atoms with E-state index in [0.29, 0.717) is 12.1 Å². The molecule has 0 unspecified atom stereocenters. The van der Waals surface area contributed by atoms with Crippen molar-refractivity contribution in [3.8, 4) is 0 Å². The summed E-state index contributed by atoms with van der Waals surface area (Å²) in [5.41, 5.74) is 0.351. The Hall–Kier alpha value is -1.91. The summed E-state index contributed by atoms with van der Waals surface area (Å²) < 4.78 is 13.2. The average molecular weight is 238 g/mol. The summed E-state index contributed by atoms with van der Waals surface area (Å²) >= 11 is 0. The lowest BCUT2D eigenvalue weighted by Gasteiger charge is -2.06. The van der Waals surface area contributed by atoms with Crippen molar-refractivity contribution in [1.29, 1.82) is 0 Å². The number of carbonyl (C=O) groups excluding carboxylic acids is 2. The molecule has 0 radical (unpaired) electrons. The molecule has 0 aliphatic carbocycles. The molecule has 0 aliphatic rings. The summed E-state index contributed by atoms with van der Waals surface area (Å²) in [6.07, 6.45) is 0.756. The summed E-state index contributed by atoms with van der Waals surface area (Å²) in [6, 6.07) is 6.09. The van der Waals surface area contributed by atoms with Gasteiger partial charge in [0.2, 0.25) is 0 Å². The van der Waals surface area contributed by atoms with Gasteiger partial charge in [-0.1, -0.05) is 25.1 Å². The third-order valence-electron chi connectivity index (χ3n) is 2.14. The molecule has 17 heavy (non-hydrogen) atoms. The van der Waals surface area contributed by atoms with Crippen molar-refractivity contribution in [1.82, 2.24) is 10.6 Å². The van der Waals surface area contributed by atoms with Gasteiger partial charge in [-0.05, 0) is 12.5 Å². The van der Waals surface area contributed by atoms with Crippen LogP contribution in [-0.4, -0.2) is 18.4 Å². The first-order valence-corrected chi connectivity index (χ1v) is 5.44. The molecular formula is C12H15FN2O2.